The molecule has 120 valence electrons. The molecule has 0 bridgehead atoms. The molecule has 0 spiro atoms. The van der Waals surface area contributed by atoms with Gasteiger partial charge in [0.2, 0.25) is 0 Å². The van der Waals surface area contributed by atoms with E-state index >= 15 is 0 Å². The van der Waals surface area contributed by atoms with E-state index in [9.17, 15) is 9.90 Å². The molecule has 1 aliphatic heterocycles. The predicted octanol–water partition coefficient (Wildman–Crippen LogP) is 2.45. The van der Waals surface area contributed by atoms with E-state index in [0.717, 1.165) is 16.5 Å². The van der Waals surface area contributed by atoms with E-state index in [4.69, 9.17) is 0 Å². The highest BCUT2D eigenvalue weighted by Crippen LogP contribution is 2.41. The maximum atomic E-state index is 12.3. The van der Waals surface area contributed by atoms with Crippen molar-refractivity contribution in [2.75, 3.05) is 7.05 Å². The molecule has 0 saturated heterocycles. The monoisotopic (exact) mass is 320 g/mol. The van der Waals surface area contributed by atoms with E-state index in [-0.39, 0.29) is 5.76 Å². The maximum Gasteiger partial charge on any atom is 0.289 e. The molecule has 1 aliphatic rings. The van der Waals surface area contributed by atoms with Gasteiger partial charge in [-0.3, -0.25) is 9.48 Å². The summed E-state index contributed by atoms with van der Waals surface area (Å²) in [7, 11) is 3.49. The van der Waals surface area contributed by atoms with Crippen LogP contribution < -0.4 is 0 Å². The van der Waals surface area contributed by atoms with Gasteiger partial charge in [-0.1, -0.05) is 24.3 Å². The van der Waals surface area contributed by atoms with Crippen LogP contribution in [0.15, 0.2) is 54.6 Å². The molecule has 4 rings (SSSR count). The molecule has 0 aliphatic carbocycles. The third-order valence-corrected chi connectivity index (χ3v) is 4.35. The number of benzene rings is 1. The van der Waals surface area contributed by atoms with Crippen LogP contribution in [0.4, 0.5) is 0 Å². The lowest BCUT2D eigenvalue weighted by Gasteiger charge is -2.21. The Hall–Kier alpha value is -3.15. The largest absolute Gasteiger partial charge is 0.503 e. The average Bonchev–Trinajstić information content (AvgIpc) is 3.11. The average molecular weight is 320 g/mol. The predicted molar refractivity (Wildman–Crippen MR) is 90.0 cm³/mol. The molecule has 1 N–H and O–H groups in total. The van der Waals surface area contributed by atoms with Crippen LogP contribution in [-0.4, -0.2) is 37.7 Å². The van der Waals surface area contributed by atoms with Crippen LogP contribution in [0, 0.1) is 0 Å². The van der Waals surface area contributed by atoms with Gasteiger partial charge in [0.1, 0.15) is 0 Å². The van der Waals surface area contributed by atoms with Gasteiger partial charge in [-0.2, -0.15) is 5.10 Å². The van der Waals surface area contributed by atoms with Crippen LogP contribution in [0.25, 0.3) is 16.5 Å². The smallest absolute Gasteiger partial charge is 0.289 e. The second kappa shape index (κ2) is 5.19. The van der Waals surface area contributed by atoms with Crippen molar-refractivity contribution in [1.82, 2.24) is 19.7 Å². The van der Waals surface area contributed by atoms with Crippen molar-refractivity contribution < 1.29 is 9.90 Å². The standard InChI is InChI=1S/C18H16N4O2/c1-21-10-12(9-19-21)16-15(17(23)18(24)22(16)2)14-8-7-11-5-3-4-6-13(11)20-14/h3-10,16,23H,1-2H3/t16-/m0/s1. The molecule has 24 heavy (non-hydrogen) atoms. The number of aryl methyl sites for hydroxylation is 1. The Balaban J connectivity index is 1.89. The normalized spacial score (nSPS) is 18.0. The van der Waals surface area contributed by atoms with Crippen LogP contribution in [0.5, 0.6) is 0 Å². The van der Waals surface area contributed by atoms with E-state index in [2.05, 4.69) is 10.1 Å². The van der Waals surface area contributed by atoms with Crippen LogP contribution in [0.3, 0.4) is 0 Å². The molecule has 6 nitrogen and oxygen atoms in total. The number of amides is 1. The van der Waals surface area contributed by atoms with Gasteiger partial charge in [0.25, 0.3) is 5.91 Å². The lowest BCUT2D eigenvalue weighted by Crippen LogP contribution is -2.25. The minimum Gasteiger partial charge on any atom is -0.503 e. The topological polar surface area (TPSA) is 71.2 Å². The summed E-state index contributed by atoms with van der Waals surface area (Å²) in [5, 5.41) is 15.6. The summed E-state index contributed by atoms with van der Waals surface area (Å²) in [5.74, 6) is -0.664. The summed E-state index contributed by atoms with van der Waals surface area (Å²) in [4.78, 5) is 18.5. The third-order valence-electron chi connectivity index (χ3n) is 4.35. The number of carbonyl (C=O) groups is 1. The second-order valence-corrected chi connectivity index (χ2v) is 5.92. The minimum absolute atomic E-state index is 0.255. The van der Waals surface area contributed by atoms with Crippen LogP contribution in [0.1, 0.15) is 17.3 Å². The van der Waals surface area contributed by atoms with E-state index in [1.165, 1.54) is 4.90 Å². The summed E-state index contributed by atoms with van der Waals surface area (Å²) in [6, 6.07) is 11.1. The molecule has 0 radical (unpaired) electrons. The van der Waals surface area contributed by atoms with Gasteiger partial charge in [-0.25, -0.2) is 4.98 Å². The Morgan fingerprint density at radius 2 is 1.92 bits per heavy atom. The summed E-state index contributed by atoms with van der Waals surface area (Å²) >= 11 is 0. The van der Waals surface area contributed by atoms with Crippen molar-refractivity contribution in [1.29, 1.82) is 0 Å². The van der Waals surface area contributed by atoms with E-state index in [1.807, 2.05) is 49.6 Å². The van der Waals surface area contributed by atoms with Crippen molar-refractivity contribution >= 4 is 22.4 Å². The molecule has 0 saturated carbocycles. The van der Waals surface area contributed by atoms with E-state index in [1.54, 1.807) is 17.9 Å². The molecular weight excluding hydrogens is 304 g/mol. The molecule has 0 fully saturated rings. The fraction of sp³-hybridized carbons (Fsp3) is 0.167. The highest BCUT2D eigenvalue weighted by atomic mass is 16.3. The van der Waals surface area contributed by atoms with Gasteiger partial charge >= 0.3 is 0 Å². The van der Waals surface area contributed by atoms with Crippen molar-refractivity contribution in [2.24, 2.45) is 7.05 Å². The van der Waals surface area contributed by atoms with Gasteiger partial charge in [0, 0.05) is 31.2 Å². The van der Waals surface area contributed by atoms with E-state index < -0.39 is 11.9 Å². The summed E-state index contributed by atoms with van der Waals surface area (Å²) in [6.07, 6.45) is 3.54. The molecule has 2 aromatic heterocycles. The van der Waals surface area contributed by atoms with Gasteiger partial charge in [-0.05, 0) is 12.1 Å². The Labute approximate surface area is 138 Å². The number of carbonyl (C=O) groups excluding carboxylic acids is 1. The number of nitrogens with zero attached hydrogens (tertiary/aromatic N) is 4. The van der Waals surface area contributed by atoms with Crippen molar-refractivity contribution in [2.45, 2.75) is 6.04 Å². The number of aromatic nitrogens is 3. The zero-order chi connectivity index (χ0) is 16.8. The Bertz CT molecular complexity index is 989. The lowest BCUT2D eigenvalue weighted by molar-refractivity contribution is -0.128. The third kappa shape index (κ3) is 2.07. The molecule has 6 heteroatoms. The van der Waals surface area contributed by atoms with Gasteiger partial charge in [0.15, 0.2) is 5.76 Å². The Kier molecular flexibility index (Phi) is 3.13. The SMILES string of the molecule is CN1C(=O)C(O)=C(c2ccc3ccccc3n2)[C@@H]1c1cnn(C)c1. The summed E-state index contributed by atoms with van der Waals surface area (Å²) < 4.78 is 1.68. The summed E-state index contributed by atoms with van der Waals surface area (Å²) in [6.45, 7) is 0. The highest BCUT2D eigenvalue weighted by molar-refractivity contribution is 6.05. The number of rotatable bonds is 2. The van der Waals surface area contributed by atoms with Gasteiger partial charge < -0.3 is 10.0 Å². The Morgan fingerprint density at radius 3 is 2.67 bits per heavy atom. The number of para-hydroxylation sites is 1. The summed E-state index contributed by atoms with van der Waals surface area (Å²) in [5.41, 5.74) is 2.77. The first-order valence-corrected chi connectivity index (χ1v) is 7.61. The first-order chi connectivity index (χ1) is 11.6. The number of likely N-dealkylation sites (N-methyl/N-ethyl adjacent to an activating group) is 1. The molecule has 1 amide bonds. The van der Waals surface area contributed by atoms with E-state index in [0.29, 0.717) is 11.3 Å². The quantitative estimate of drug-likeness (QED) is 0.787. The number of fused-ring (bicyclic) bond motifs is 1. The molecular formula is C18H16N4O2. The number of hydrogen-bond acceptors (Lipinski definition) is 4. The first kappa shape index (κ1) is 14.4. The Morgan fingerprint density at radius 1 is 1.12 bits per heavy atom. The minimum atomic E-state index is -0.409. The molecule has 0 unspecified atom stereocenters. The first-order valence-electron chi connectivity index (χ1n) is 7.61. The zero-order valence-electron chi connectivity index (χ0n) is 13.3. The molecule has 3 aromatic rings. The fourth-order valence-corrected chi connectivity index (χ4v) is 3.17. The van der Waals surface area contributed by atoms with Crippen molar-refractivity contribution in [3.8, 4) is 0 Å². The molecule has 1 aromatic carbocycles. The number of pyridine rings is 1. The van der Waals surface area contributed by atoms with Crippen LogP contribution in [0.2, 0.25) is 0 Å². The van der Waals surface area contributed by atoms with Crippen molar-refractivity contribution in [3.63, 3.8) is 0 Å². The lowest BCUT2D eigenvalue weighted by atomic mass is 9.98. The number of hydrogen-bond donors (Lipinski definition) is 1. The zero-order valence-corrected chi connectivity index (χ0v) is 13.3. The molecule has 3 heterocycles. The number of aliphatic hydroxyl groups is 1. The van der Waals surface area contributed by atoms with Gasteiger partial charge in [0.05, 0.1) is 29.0 Å². The molecule has 1 atom stereocenters. The van der Waals surface area contributed by atoms with Gasteiger partial charge in [-0.15, -0.1) is 0 Å². The van der Waals surface area contributed by atoms with Crippen LogP contribution >= 0.6 is 0 Å². The maximum absolute atomic E-state index is 12.3. The fourth-order valence-electron chi connectivity index (χ4n) is 3.17. The second-order valence-electron chi connectivity index (χ2n) is 5.92. The van der Waals surface area contributed by atoms with Crippen molar-refractivity contribution in [3.05, 3.63) is 65.8 Å². The van der Waals surface area contributed by atoms with Crippen LogP contribution in [-0.2, 0) is 11.8 Å². The number of aliphatic hydroxyl groups excluding tert-OH is 1. The highest BCUT2D eigenvalue weighted by Gasteiger charge is 2.40.